The molecular weight excluding hydrogens is 444 g/mol. The first-order chi connectivity index (χ1) is 12.9. The molecule has 142 valence electrons. The number of benzene rings is 1. The number of esters is 1. The van der Waals surface area contributed by atoms with Gasteiger partial charge in [-0.25, -0.2) is 9.78 Å². The lowest BCUT2D eigenvalue weighted by Gasteiger charge is -2.10. The highest BCUT2D eigenvalue weighted by atomic mass is 79.9. The molecule has 2 rings (SSSR count). The number of hydrazone groups is 1. The number of nitro groups is 1. The third-order valence-electron chi connectivity index (χ3n) is 3.01. The summed E-state index contributed by atoms with van der Waals surface area (Å²) in [5, 5.41) is 14.9. The van der Waals surface area contributed by atoms with Gasteiger partial charge < -0.3 is 9.47 Å². The number of carbonyl (C=O) groups excluding carboxylic acids is 1. The fourth-order valence-corrected chi connectivity index (χ4v) is 2.85. The zero-order valence-corrected chi connectivity index (χ0v) is 16.4. The van der Waals surface area contributed by atoms with E-state index in [0.717, 1.165) is 6.20 Å². The maximum absolute atomic E-state index is 11.4. The summed E-state index contributed by atoms with van der Waals surface area (Å²) in [6.07, 6.45) is 2.61. The summed E-state index contributed by atoms with van der Waals surface area (Å²) in [5.74, 6) is 0.161. The van der Waals surface area contributed by atoms with Gasteiger partial charge in [0.2, 0.25) is 0 Å². The highest BCUT2D eigenvalue weighted by Crippen LogP contribution is 2.34. The average molecular weight is 458 g/mol. The Bertz CT molecular complexity index is 837. The first-order valence-corrected chi connectivity index (χ1v) is 8.74. The van der Waals surface area contributed by atoms with Crippen LogP contribution in [0.15, 0.2) is 40.0 Å². The highest BCUT2D eigenvalue weighted by molar-refractivity contribution is 9.10. The minimum absolute atomic E-state index is 0.112. The largest absolute Gasteiger partial charge is 0.479 e. The van der Waals surface area contributed by atoms with Gasteiger partial charge in [0.15, 0.2) is 12.4 Å². The molecule has 2 aromatic rings. The molecule has 0 amide bonds. The van der Waals surface area contributed by atoms with Crippen molar-refractivity contribution in [2.45, 2.75) is 6.92 Å². The quantitative estimate of drug-likeness (QED) is 0.277. The van der Waals surface area contributed by atoms with Crippen LogP contribution in [0.5, 0.6) is 5.75 Å². The minimum atomic E-state index is -0.537. The minimum Gasteiger partial charge on any atom is -0.479 e. The van der Waals surface area contributed by atoms with E-state index in [0.29, 0.717) is 21.6 Å². The molecule has 9 nitrogen and oxygen atoms in total. The second-order valence-electron chi connectivity index (χ2n) is 4.94. The summed E-state index contributed by atoms with van der Waals surface area (Å²) < 4.78 is 10.7. The van der Waals surface area contributed by atoms with Gasteiger partial charge in [0.1, 0.15) is 12.0 Å². The van der Waals surface area contributed by atoms with Gasteiger partial charge in [-0.15, -0.1) is 0 Å². The van der Waals surface area contributed by atoms with Crippen molar-refractivity contribution in [3.05, 3.63) is 55.6 Å². The molecule has 0 saturated carbocycles. The lowest BCUT2D eigenvalue weighted by atomic mass is 10.2. The molecule has 0 radical (unpaired) electrons. The second kappa shape index (κ2) is 9.83. The van der Waals surface area contributed by atoms with Crippen molar-refractivity contribution >= 4 is 51.2 Å². The average Bonchev–Trinajstić information content (AvgIpc) is 2.61. The maximum Gasteiger partial charge on any atom is 0.344 e. The van der Waals surface area contributed by atoms with E-state index in [2.05, 4.69) is 31.4 Å². The van der Waals surface area contributed by atoms with E-state index in [1.165, 1.54) is 18.3 Å². The zero-order chi connectivity index (χ0) is 19.8. The van der Waals surface area contributed by atoms with Crippen molar-refractivity contribution in [3.8, 4) is 5.75 Å². The topological polar surface area (TPSA) is 116 Å². The molecule has 0 atom stereocenters. The van der Waals surface area contributed by atoms with Gasteiger partial charge in [0.25, 0.3) is 5.69 Å². The molecule has 11 heteroatoms. The van der Waals surface area contributed by atoms with Gasteiger partial charge in [-0.1, -0.05) is 11.6 Å². The van der Waals surface area contributed by atoms with E-state index >= 15 is 0 Å². The number of nitrogens with zero attached hydrogens (tertiary/aromatic N) is 3. The number of nitrogens with one attached hydrogen (secondary N) is 1. The summed E-state index contributed by atoms with van der Waals surface area (Å²) >= 11 is 9.50. The third-order valence-corrected chi connectivity index (χ3v) is 3.88. The van der Waals surface area contributed by atoms with Crippen molar-refractivity contribution in [1.29, 1.82) is 0 Å². The van der Waals surface area contributed by atoms with Crippen LogP contribution in [-0.2, 0) is 9.53 Å². The number of hydrogen-bond acceptors (Lipinski definition) is 8. The molecule has 0 fully saturated rings. The van der Waals surface area contributed by atoms with Crippen LogP contribution in [0.3, 0.4) is 0 Å². The van der Waals surface area contributed by atoms with E-state index in [1.54, 1.807) is 19.1 Å². The van der Waals surface area contributed by atoms with Crippen molar-refractivity contribution in [2.24, 2.45) is 5.10 Å². The van der Waals surface area contributed by atoms with E-state index < -0.39 is 10.9 Å². The van der Waals surface area contributed by atoms with Crippen LogP contribution in [0.4, 0.5) is 11.5 Å². The van der Waals surface area contributed by atoms with Crippen LogP contribution in [-0.4, -0.2) is 35.3 Å². The predicted octanol–water partition coefficient (Wildman–Crippen LogP) is 3.79. The van der Waals surface area contributed by atoms with Crippen LogP contribution in [0.25, 0.3) is 0 Å². The van der Waals surface area contributed by atoms with Crippen LogP contribution in [0.2, 0.25) is 5.02 Å². The number of carbonyl (C=O) groups is 1. The Morgan fingerprint density at radius 3 is 2.85 bits per heavy atom. The summed E-state index contributed by atoms with van der Waals surface area (Å²) in [6, 6.07) is 6.04. The first-order valence-electron chi connectivity index (χ1n) is 7.57. The molecule has 0 spiro atoms. The molecule has 1 heterocycles. The molecule has 0 aliphatic carbocycles. The standard InChI is InChI=1S/C16H14BrClN4O5/c1-2-26-15(23)9-27-16-12(17)5-10(6-13(16)18)7-20-21-14-4-3-11(8-19-14)22(24)25/h3-8H,2,9H2,1H3,(H,19,21)/b20-7-. The summed E-state index contributed by atoms with van der Waals surface area (Å²) in [6.45, 7) is 1.71. The van der Waals surface area contributed by atoms with Crippen LogP contribution >= 0.6 is 27.5 Å². The Morgan fingerprint density at radius 2 is 2.26 bits per heavy atom. The lowest BCUT2D eigenvalue weighted by Crippen LogP contribution is -2.15. The van der Waals surface area contributed by atoms with Crippen molar-refractivity contribution in [2.75, 3.05) is 18.6 Å². The zero-order valence-electron chi connectivity index (χ0n) is 14.0. The van der Waals surface area contributed by atoms with Crippen molar-refractivity contribution < 1.29 is 19.2 Å². The molecular formula is C16H14BrClN4O5. The van der Waals surface area contributed by atoms with E-state index in [4.69, 9.17) is 21.1 Å². The fraction of sp³-hybridized carbons (Fsp3) is 0.188. The molecule has 0 bridgehead atoms. The molecule has 1 aromatic carbocycles. The highest BCUT2D eigenvalue weighted by Gasteiger charge is 2.11. The Labute approximate surface area is 167 Å². The van der Waals surface area contributed by atoms with Gasteiger partial charge in [0.05, 0.1) is 27.2 Å². The van der Waals surface area contributed by atoms with Crippen molar-refractivity contribution in [1.82, 2.24) is 4.98 Å². The maximum atomic E-state index is 11.4. The van der Waals surface area contributed by atoms with Crippen LogP contribution in [0, 0.1) is 10.1 Å². The summed E-state index contributed by atoms with van der Waals surface area (Å²) in [5.41, 5.74) is 3.18. The number of ether oxygens (including phenoxy) is 2. The summed E-state index contributed by atoms with van der Waals surface area (Å²) in [7, 11) is 0. The summed E-state index contributed by atoms with van der Waals surface area (Å²) in [4.78, 5) is 25.3. The Morgan fingerprint density at radius 1 is 1.48 bits per heavy atom. The Hall–Kier alpha value is -2.72. The Kier molecular flexibility index (Phi) is 7.50. The molecule has 1 aromatic heterocycles. The number of anilines is 1. The molecule has 27 heavy (non-hydrogen) atoms. The lowest BCUT2D eigenvalue weighted by molar-refractivity contribution is -0.385. The molecule has 0 aliphatic heterocycles. The smallest absolute Gasteiger partial charge is 0.344 e. The second-order valence-corrected chi connectivity index (χ2v) is 6.20. The van der Waals surface area contributed by atoms with E-state index in [-0.39, 0.29) is 23.9 Å². The third kappa shape index (κ3) is 6.19. The number of pyridine rings is 1. The van der Waals surface area contributed by atoms with Gasteiger partial charge in [-0.2, -0.15) is 5.10 Å². The first kappa shape index (κ1) is 20.6. The molecule has 0 unspecified atom stereocenters. The number of halogens is 2. The Balaban J connectivity index is 2.01. The SMILES string of the molecule is CCOC(=O)COc1c(Cl)cc(/C=N\Nc2ccc([N+](=O)[O-])cn2)cc1Br. The van der Waals surface area contributed by atoms with Gasteiger partial charge >= 0.3 is 5.97 Å². The van der Waals surface area contributed by atoms with Gasteiger partial charge in [-0.3, -0.25) is 15.5 Å². The number of hydrogen-bond donors (Lipinski definition) is 1. The van der Waals surface area contributed by atoms with E-state index in [1.807, 2.05) is 0 Å². The fourth-order valence-electron chi connectivity index (χ4n) is 1.86. The monoisotopic (exact) mass is 456 g/mol. The molecule has 1 N–H and O–H groups in total. The normalized spacial score (nSPS) is 10.6. The van der Waals surface area contributed by atoms with Gasteiger partial charge in [-0.05, 0) is 46.6 Å². The predicted molar refractivity (Wildman–Crippen MR) is 103 cm³/mol. The van der Waals surface area contributed by atoms with Crippen molar-refractivity contribution in [3.63, 3.8) is 0 Å². The van der Waals surface area contributed by atoms with Crippen LogP contribution < -0.4 is 10.2 Å². The van der Waals surface area contributed by atoms with E-state index in [9.17, 15) is 14.9 Å². The molecule has 0 saturated heterocycles. The number of rotatable bonds is 8. The van der Waals surface area contributed by atoms with Gasteiger partial charge in [0, 0.05) is 6.07 Å². The van der Waals surface area contributed by atoms with Crippen LogP contribution in [0.1, 0.15) is 12.5 Å². The number of aromatic nitrogens is 1. The molecule has 0 aliphatic rings.